The number of nitrogens with zero attached hydrogens (tertiary/aromatic N) is 2. The molecule has 2 aromatic carbocycles. The summed E-state index contributed by atoms with van der Waals surface area (Å²) in [6.45, 7) is 3.12. The fraction of sp³-hybridized carbons (Fsp3) is 0.481. The van der Waals surface area contributed by atoms with Crippen LogP contribution in [0.2, 0.25) is 0 Å². The van der Waals surface area contributed by atoms with Crippen LogP contribution < -0.4 is 19.5 Å². The molecule has 2 saturated heterocycles. The minimum atomic E-state index is -0.525. The Morgan fingerprint density at radius 2 is 1.81 bits per heavy atom. The number of hydrogen-bond acceptors (Lipinski definition) is 8. The molecular weight excluding hydrogens is 478 g/mol. The summed E-state index contributed by atoms with van der Waals surface area (Å²) in [5.74, 6) is 1.66. The molecule has 10 heteroatoms. The first-order chi connectivity index (χ1) is 18.0. The Morgan fingerprint density at radius 1 is 1.03 bits per heavy atom. The number of fused-ring (bicyclic) bond motifs is 4. The molecule has 2 fully saturated rings. The topological polar surface area (TPSA) is 110 Å². The minimum Gasteiger partial charge on any atom is -0.487 e. The molecule has 6 rings (SSSR count). The maximum absolute atomic E-state index is 13.0. The summed E-state index contributed by atoms with van der Waals surface area (Å²) in [6, 6.07) is 10.6. The predicted octanol–water partition coefficient (Wildman–Crippen LogP) is 1.83. The molecule has 0 saturated carbocycles. The molecule has 0 spiro atoms. The zero-order valence-corrected chi connectivity index (χ0v) is 20.7. The smallest absolute Gasteiger partial charge is 0.255 e. The summed E-state index contributed by atoms with van der Waals surface area (Å²) in [5, 5.41) is 13.0. The summed E-state index contributed by atoms with van der Waals surface area (Å²) < 4.78 is 23.0. The summed E-state index contributed by atoms with van der Waals surface area (Å²) in [6.07, 6.45) is -0.295. The van der Waals surface area contributed by atoms with E-state index in [4.69, 9.17) is 18.9 Å². The lowest BCUT2D eigenvalue weighted by molar-refractivity contribution is -0.150. The summed E-state index contributed by atoms with van der Waals surface area (Å²) in [5.41, 5.74) is 2.06. The fourth-order valence-electron chi connectivity index (χ4n) is 5.59. The number of rotatable bonds is 5. The standard InChI is InChI=1S/C27H31N3O7/c1-29-6-8-30(9-7-29)25(32)13-18-12-20-19-11-17(3-5-21(19)37-26(20)24(14-31)36-18)28-27(33)16-2-4-22-23(10-16)35-15-34-22/h2-5,10-11,18,20,24,26,31H,6-9,12-15H2,1H3,(H,28,33)/t18-,20-,24-,26+/m0/s1. The van der Waals surface area contributed by atoms with Gasteiger partial charge in [-0.05, 0) is 49.9 Å². The predicted molar refractivity (Wildman–Crippen MR) is 133 cm³/mol. The van der Waals surface area contributed by atoms with Crippen LogP contribution in [0.3, 0.4) is 0 Å². The van der Waals surface area contributed by atoms with Crippen LogP contribution in [0.15, 0.2) is 36.4 Å². The molecule has 2 amide bonds. The van der Waals surface area contributed by atoms with Gasteiger partial charge in [-0.15, -0.1) is 0 Å². The number of aliphatic hydroxyl groups excluding tert-OH is 1. The van der Waals surface area contributed by atoms with Gasteiger partial charge in [-0.2, -0.15) is 0 Å². The monoisotopic (exact) mass is 509 g/mol. The van der Waals surface area contributed by atoms with E-state index >= 15 is 0 Å². The lowest BCUT2D eigenvalue weighted by Gasteiger charge is -2.38. The second kappa shape index (κ2) is 9.85. The molecule has 2 N–H and O–H groups in total. The van der Waals surface area contributed by atoms with Crippen molar-refractivity contribution < 1.29 is 33.6 Å². The minimum absolute atomic E-state index is 0.0476. The molecule has 10 nitrogen and oxygen atoms in total. The first-order valence-electron chi connectivity index (χ1n) is 12.7. The normalized spacial score (nSPS) is 26.3. The van der Waals surface area contributed by atoms with Crippen molar-refractivity contribution in [3.8, 4) is 17.2 Å². The number of piperazine rings is 1. The van der Waals surface area contributed by atoms with Crippen LogP contribution >= 0.6 is 0 Å². The summed E-state index contributed by atoms with van der Waals surface area (Å²) in [4.78, 5) is 30.0. The molecule has 0 aliphatic carbocycles. The molecule has 0 aromatic heterocycles. The van der Waals surface area contributed by atoms with Gasteiger partial charge in [0, 0.05) is 48.9 Å². The van der Waals surface area contributed by atoms with Gasteiger partial charge in [-0.1, -0.05) is 0 Å². The van der Waals surface area contributed by atoms with E-state index in [2.05, 4.69) is 17.3 Å². The van der Waals surface area contributed by atoms with Crippen LogP contribution in [-0.2, 0) is 9.53 Å². The number of hydrogen-bond donors (Lipinski definition) is 2. The van der Waals surface area contributed by atoms with Crippen molar-refractivity contribution in [3.05, 3.63) is 47.5 Å². The Labute approximate surface area is 215 Å². The number of likely N-dealkylation sites (N-methyl/N-ethyl adjacent to an activating group) is 1. The van der Waals surface area contributed by atoms with E-state index in [1.807, 2.05) is 17.0 Å². The molecule has 4 aliphatic heterocycles. The largest absolute Gasteiger partial charge is 0.487 e. The van der Waals surface area contributed by atoms with Crippen LogP contribution in [-0.4, -0.2) is 91.7 Å². The average molecular weight is 510 g/mol. The van der Waals surface area contributed by atoms with Crippen LogP contribution in [0.5, 0.6) is 17.2 Å². The molecule has 0 bridgehead atoms. The Hall–Kier alpha value is -3.34. The van der Waals surface area contributed by atoms with Gasteiger partial charge in [0.05, 0.1) is 19.1 Å². The van der Waals surface area contributed by atoms with Gasteiger partial charge in [0.1, 0.15) is 18.0 Å². The fourth-order valence-corrected chi connectivity index (χ4v) is 5.59. The lowest BCUT2D eigenvalue weighted by Crippen LogP contribution is -2.50. The number of ether oxygens (including phenoxy) is 4. The van der Waals surface area contributed by atoms with E-state index in [0.29, 0.717) is 34.9 Å². The van der Waals surface area contributed by atoms with E-state index in [1.165, 1.54) is 0 Å². The lowest BCUT2D eigenvalue weighted by atomic mass is 9.84. The van der Waals surface area contributed by atoms with E-state index in [0.717, 1.165) is 31.7 Å². The van der Waals surface area contributed by atoms with Gasteiger partial charge in [-0.3, -0.25) is 9.59 Å². The highest BCUT2D eigenvalue weighted by Gasteiger charge is 2.46. The zero-order chi connectivity index (χ0) is 25.5. The second-order valence-corrected chi connectivity index (χ2v) is 10.1. The van der Waals surface area contributed by atoms with Gasteiger partial charge in [0.2, 0.25) is 12.7 Å². The molecule has 37 heavy (non-hydrogen) atoms. The average Bonchev–Trinajstić information content (AvgIpc) is 3.52. The Morgan fingerprint density at radius 3 is 2.62 bits per heavy atom. The highest BCUT2D eigenvalue weighted by Crippen LogP contribution is 2.47. The van der Waals surface area contributed by atoms with Crippen molar-refractivity contribution in [2.75, 3.05) is 51.9 Å². The molecule has 0 radical (unpaired) electrons. The Bertz CT molecular complexity index is 1200. The third-order valence-electron chi connectivity index (χ3n) is 7.65. The van der Waals surface area contributed by atoms with E-state index in [9.17, 15) is 14.7 Å². The second-order valence-electron chi connectivity index (χ2n) is 10.1. The first-order valence-corrected chi connectivity index (χ1v) is 12.7. The van der Waals surface area contributed by atoms with Gasteiger partial charge < -0.3 is 39.2 Å². The number of aliphatic hydroxyl groups is 1. The quantitative estimate of drug-likeness (QED) is 0.629. The highest BCUT2D eigenvalue weighted by molar-refractivity contribution is 6.04. The van der Waals surface area contributed by atoms with Gasteiger partial charge >= 0.3 is 0 Å². The number of carbonyl (C=O) groups excluding carboxylic acids is 2. The summed E-state index contributed by atoms with van der Waals surface area (Å²) in [7, 11) is 2.06. The van der Waals surface area contributed by atoms with Crippen molar-refractivity contribution >= 4 is 17.5 Å². The Kier molecular flexibility index (Phi) is 6.39. The van der Waals surface area contributed by atoms with Crippen molar-refractivity contribution in [3.63, 3.8) is 0 Å². The van der Waals surface area contributed by atoms with Gasteiger partial charge in [0.15, 0.2) is 11.5 Å². The Balaban J connectivity index is 1.16. The molecular formula is C27H31N3O7. The van der Waals surface area contributed by atoms with E-state index in [-0.39, 0.29) is 49.8 Å². The molecule has 0 unspecified atom stereocenters. The third-order valence-corrected chi connectivity index (χ3v) is 7.65. The number of carbonyl (C=O) groups is 2. The van der Waals surface area contributed by atoms with Gasteiger partial charge in [-0.25, -0.2) is 0 Å². The maximum Gasteiger partial charge on any atom is 0.255 e. The van der Waals surface area contributed by atoms with E-state index < -0.39 is 6.10 Å². The molecule has 196 valence electrons. The SMILES string of the molecule is CN1CCN(C(=O)C[C@@H]2C[C@H]3c4cc(NC(=O)c5ccc6c(c5)OCO6)ccc4O[C@H]3[C@H](CO)O2)CC1. The highest BCUT2D eigenvalue weighted by atomic mass is 16.7. The van der Waals surface area contributed by atoms with E-state index in [1.54, 1.807) is 24.3 Å². The number of benzene rings is 2. The molecule has 4 heterocycles. The third kappa shape index (κ3) is 4.72. The number of nitrogens with one attached hydrogen (secondary N) is 1. The molecule has 4 aliphatic rings. The van der Waals surface area contributed by atoms with Crippen LogP contribution in [0.4, 0.5) is 5.69 Å². The first kappa shape index (κ1) is 24.0. The van der Waals surface area contributed by atoms with Crippen LogP contribution in [0.25, 0.3) is 0 Å². The maximum atomic E-state index is 13.0. The molecule has 4 atom stereocenters. The summed E-state index contributed by atoms with van der Waals surface area (Å²) >= 11 is 0. The van der Waals surface area contributed by atoms with Gasteiger partial charge in [0.25, 0.3) is 5.91 Å². The van der Waals surface area contributed by atoms with Crippen molar-refractivity contribution in [2.45, 2.75) is 37.1 Å². The zero-order valence-electron chi connectivity index (χ0n) is 20.7. The number of amides is 2. The van der Waals surface area contributed by atoms with Crippen molar-refractivity contribution in [2.24, 2.45) is 0 Å². The number of anilines is 1. The van der Waals surface area contributed by atoms with Crippen LogP contribution in [0, 0.1) is 0 Å². The van der Waals surface area contributed by atoms with Crippen molar-refractivity contribution in [1.82, 2.24) is 9.80 Å². The van der Waals surface area contributed by atoms with Crippen LogP contribution in [0.1, 0.15) is 34.7 Å². The van der Waals surface area contributed by atoms with Crippen molar-refractivity contribution in [1.29, 1.82) is 0 Å². The molecule has 2 aromatic rings.